The number of carbonyl (C=O) groups excluding carboxylic acids is 1. The normalized spacial score (nSPS) is 22.9. The lowest BCUT2D eigenvalue weighted by Crippen LogP contribution is -2.53. The fraction of sp³-hybridized carbons (Fsp3) is 0.444. The number of nitrogens with zero attached hydrogens (tertiary/aromatic N) is 1. The van der Waals surface area contributed by atoms with Crippen LogP contribution >= 0.6 is 0 Å². The number of ether oxygens (including phenoxy) is 2. The second kappa shape index (κ2) is 9.44. The second-order valence-electron chi connectivity index (χ2n) is 10.6. The van der Waals surface area contributed by atoms with Gasteiger partial charge in [0.25, 0.3) is 0 Å². The summed E-state index contributed by atoms with van der Waals surface area (Å²) >= 11 is 0. The molecule has 0 spiro atoms. The summed E-state index contributed by atoms with van der Waals surface area (Å²) in [6.45, 7) is 6.88. The molecule has 0 unspecified atom stereocenters. The SMILES string of the molecule is CC(C)(C)OC(=O)N[C@H]1C[C@@H](N2CCc3[nH]c4ccc(F)cc4c3C2)CO[C@@H]1c1cc(F)ccc1F. The first-order valence-electron chi connectivity index (χ1n) is 12.2. The van der Waals surface area contributed by atoms with E-state index in [0.29, 0.717) is 13.0 Å². The van der Waals surface area contributed by atoms with Crippen molar-refractivity contribution in [3.8, 4) is 0 Å². The molecule has 2 aliphatic rings. The Labute approximate surface area is 207 Å². The molecule has 1 fully saturated rings. The molecule has 0 saturated carbocycles. The van der Waals surface area contributed by atoms with E-state index >= 15 is 0 Å². The molecule has 2 N–H and O–H groups in total. The van der Waals surface area contributed by atoms with Crippen LogP contribution in [0.4, 0.5) is 18.0 Å². The Kier molecular flexibility index (Phi) is 6.46. The van der Waals surface area contributed by atoms with Crippen molar-refractivity contribution in [3.63, 3.8) is 0 Å². The van der Waals surface area contributed by atoms with Crippen molar-refractivity contribution in [3.05, 3.63) is 70.7 Å². The second-order valence-corrected chi connectivity index (χ2v) is 10.6. The maximum absolute atomic E-state index is 14.7. The molecule has 0 radical (unpaired) electrons. The van der Waals surface area contributed by atoms with E-state index in [1.807, 2.05) is 0 Å². The molecule has 5 rings (SSSR count). The van der Waals surface area contributed by atoms with Crippen molar-refractivity contribution in [2.75, 3.05) is 13.2 Å². The molecule has 0 aliphatic carbocycles. The molecule has 2 aromatic carbocycles. The summed E-state index contributed by atoms with van der Waals surface area (Å²) in [5, 5.41) is 3.69. The number of alkyl carbamates (subject to hydrolysis) is 1. The third-order valence-corrected chi connectivity index (χ3v) is 6.81. The van der Waals surface area contributed by atoms with Gasteiger partial charge in [-0.25, -0.2) is 18.0 Å². The van der Waals surface area contributed by atoms with Gasteiger partial charge in [0.15, 0.2) is 0 Å². The van der Waals surface area contributed by atoms with Crippen molar-refractivity contribution in [2.45, 2.75) is 63.9 Å². The highest BCUT2D eigenvalue weighted by Gasteiger charge is 2.39. The number of hydrogen-bond acceptors (Lipinski definition) is 4. The summed E-state index contributed by atoms with van der Waals surface area (Å²) in [7, 11) is 0. The number of aromatic amines is 1. The lowest BCUT2D eigenvalue weighted by Gasteiger charge is -2.43. The van der Waals surface area contributed by atoms with E-state index in [1.54, 1.807) is 32.9 Å². The van der Waals surface area contributed by atoms with Crippen LogP contribution < -0.4 is 5.32 Å². The van der Waals surface area contributed by atoms with Gasteiger partial charge in [-0.1, -0.05) is 0 Å². The average Bonchev–Trinajstić information content (AvgIpc) is 3.16. The molecule has 36 heavy (non-hydrogen) atoms. The van der Waals surface area contributed by atoms with Gasteiger partial charge in [-0.2, -0.15) is 0 Å². The number of H-pyrrole nitrogens is 1. The summed E-state index contributed by atoms with van der Waals surface area (Å²) in [6.07, 6.45) is -0.307. The fourth-order valence-corrected chi connectivity index (χ4v) is 5.22. The van der Waals surface area contributed by atoms with Crippen molar-refractivity contribution in [2.24, 2.45) is 0 Å². The number of aromatic nitrogens is 1. The highest BCUT2D eigenvalue weighted by atomic mass is 19.1. The summed E-state index contributed by atoms with van der Waals surface area (Å²) in [5.74, 6) is -1.47. The smallest absolute Gasteiger partial charge is 0.407 e. The minimum atomic E-state index is -0.869. The number of halogens is 3. The summed E-state index contributed by atoms with van der Waals surface area (Å²) in [6, 6.07) is 7.22. The first kappa shape index (κ1) is 24.6. The van der Waals surface area contributed by atoms with Gasteiger partial charge in [-0.05, 0) is 69.2 Å². The molecule has 1 aromatic heterocycles. The Morgan fingerprint density at radius 1 is 1.14 bits per heavy atom. The Morgan fingerprint density at radius 2 is 1.89 bits per heavy atom. The van der Waals surface area contributed by atoms with Crippen LogP contribution in [0.5, 0.6) is 0 Å². The Hall–Kier alpha value is -3.04. The molecule has 3 aromatic rings. The van der Waals surface area contributed by atoms with Crippen LogP contribution in [-0.2, 0) is 22.4 Å². The zero-order valence-electron chi connectivity index (χ0n) is 20.5. The van der Waals surface area contributed by atoms with Crippen LogP contribution in [0.2, 0.25) is 0 Å². The van der Waals surface area contributed by atoms with Crippen LogP contribution in [-0.4, -0.2) is 46.8 Å². The monoisotopic (exact) mass is 501 g/mol. The molecule has 2 aliphatic heterocycles. The number of fused-ring (bicyclic) bond motifs is 3. The van der Waals surface area contributed by atoms with Gasteiger partial charge in [0.1, 0.15) is 29.2 Å². The summed E-state index contributed by atoms with van der Waals surface area (Å²) in [4.78, 5) is 18.3. The zero-order valence-corrected chi connectivity index (χ0v) is 20.5. The average molecular weight is 502 g/mol. The van der Waals surface area contributed by atoms with E-state index in [2.05, 4.69) is 15.2 Å². The lowest BCUT2D eigenvalue weighted by molar-refractivity contribution is -0.0641. The number of carbonyl (C=O) groups is 1. The van der Waals surface area contributed by atoms with Crippen molar-refractivity contribution >= 4 is 17.0 Å². The van der Waals surface area contributed by atoms with E-state index in [9.17, 15) is 18.0 Å². The Bertz CT molecular complexity index is 1290. The molecule has 3 atom stereocenters. The van der Waals surface area contributed by atoms with Crippen molar-refractivity contribution < 1.29 is 27.4 Å². The molecule has 192 valence electrons. The van der Waals surface area contributed by atoms with E-state index in [1.165, 1.54) is 6.07 Å². The Balaban J connectivity index is 1.39. The predicted molar refractivity (Wildman–Crippen MR) is 129 cm³/mol. The third-order valence-electron chi connectivity index (χ3n) is 6.81. The van der Waals surface area contributed by atoms with Gasteiger partial charge in [-0.3, -0.25) is 4.90 Å². The molecule has 0 bridgehead atoms. The van der Waals surface area contributed by atoms with E-state index in [0.717, 1.165) is 53.3 Å². The van der Waals surface area contributed by atoms with Crippen LogP contribution in [0, 0.1) is 17.5 Å². The number of hydrogen-bond donors (Lipinski definition) is 2. The number of nitrogens with one attached hydrogen (secondary N) is 2. The third kappa shape index (κ3) is 5.08. The largest absolute Gasteiger partial charge is 0.444 e. The highest BCUT2D eigenvalue weighted by Crippen LogP contribution is 2.35. The molecule has 3 heterocycles. The molecule has 6 nitrogen and oxygen atoms in total. The maximum Gasteiger partial charge on any atom is 0.407 e. The van der Waals surface area contributed by atoms with E-state index in [-0.39, 0.29) is 24.0 Å². The van der Waals surface area contributed by atoms with Crippen molar-refractivity contribution in [1.82, 2.24) is 15.2 Å². The van der Waals surface area contributed by atoms with Crippen molar-refractivity contribution in [1.29, 1.82) is 0 Å². The first-order chi connectivity index (χ1) is 17.1. The lowest BCUT2D eigenvalue weighted by atomic mass is 9.91. The van der Waals surface area contributed by atoms with Gasteiger partial charge in [0.05, 0.1) is 12.6 Å². The minimum Gasteiger partial charge on any atom is -0.444 e. The topological polar surface area (TPSA) is 66.6 Å². The predicted octanol–water partition coefficient (Wildman–Crippen LogP) is 5.37. The summed E-state index contributed by atoms with van der Waals surface area (Å²) in [5.41, 5.74) is 2.38. The van der Waals surface area contributed by atoms with Gasteiger partial charge < -0.3 is 19.8 Å². The van der Waals surface area contributed by atoms with Gasteiger partial charge in [0.2, 0.25) is 0 Å². The molecular weight excluding hydrogens is 471 g/mol. The fourth-order valence-electron chi connectivity index (χ4n) is 5.22. The number of rotatable bonds is 3. The van der Waals surface area contributed by atoms with E-state index < -0.39 is 35.5 Å². The standard InChI is InChI=1S/C27H30F3N3O3/c1-27(2,3)36-26(34)32-24-12-17(14-35-25(24)19-11-15(28)4-6-21(19)30)33-9-8-23-20(13-33)18-10-16(29)5-7-22(18)31-23/h4-7,10-11,17,24-25,31H,8-9,12-14H2,1-3H3,(H,32,34)/t17-,24+,25-/m1/s1. The molecule has 1 amide bonds. The highest BCUT2D eigenvalue weighted by molar-refractivity contribution is 5.85. The summed E-state index contributed by atoms with van der Waals surface area (Å²) < 4.78 is 54.1. The van der Waals surface area contributed by atoms with Crippen LogP contribution in [0.15, 0.2) is 36.4 Å². The minimum absolute atomic E-state index is 0.0579. The number of amides is 1. The number of benzene rings is 2. The van der Waals surface area contributed by atoms with Gasteiger partial charge >= 0.3 is 6.09 Å². The Morgan fingerprint density at radius 3 is 2.67 bits per heavy atom. The maximum atomic E-state index is 14.7. The quantitative estimate of drug-likeness (QED) is 0.507. The first-order valence-corrected chi connectivity index (χ1v) is 12.2. The molecule has 9 heteroatoms. The van der Waals surface area contributed by atoms with E-state index in [4.69, 9.17) is 9.47 Å². The van der Waals surface area contributed by atoms with Gasteiger partial charge in [-0.15, -0.1) is 0 Å². The van der Waals surface area contributed by atoms with Crippen LogP contribution in [0.3, 0.4) is 0 Å². The molecule has 1 saturated heterocycles. The zero-order chi connectivity index (χ0) is 25.6. The molecular formula is C27H30F3N3O3. The van der Waals surface area contributed by atoms with Gasteiger partial charge in [0, 0.05) is 47.7 Å². The van der Waals surface area contributed by atoms with Crippen LogP contribution in [0.1, 0.15) is 50.1 Å². The van der Waals surface area contributed by atoms with Crippen LogP contribution in [0.25, 0.3) is 10.9 Å².